The second kappa shape index (κ2) is 8.48. The summed E-state index contributed by atoms with van der Waals surface area (Å²) in [6.45, 7) is 4.24. The van der Waals surface area contributed by atoms with E-state index in [2.05, 4.69) is 32.5 Å². The first kappa shape index (κ1) is 18.6. The molecule has 0 unspecified atom stereocenters. The molecule has 7 heteroatoms. The molecule has 0 atom stereocenters. The molecule has 0 saturated carbocycles. The van der Waals surface area contributed by atoms with Gasteiger partial charge in [-0.05, 0) is 55.7 Å². The van der Waals surface area contributed by atoms with Gasteiger partial charge in [0.2, 0.25) is 11.8 Å². The van der Waals surface area contributed by atoms with E-state index in [9.17, 15) is 4.79 Å². The fourth-order valence-electron chi connectivity index (χ4n) is 3.24. The molecule has 0 bridgehead atoms. The Morgan fingerprint density at radius 3 is 2.68 bits per heavy atom. The van der Waals surface area contributed by atoms with Crippen LogP contribution >= 0.6 is 11.8 Å². The predicted octanol–water partition coefficient (Wildman–Crippen LogP) is 4.38. The average Bonchev–Trinajstić information content (AvgIpc) is 3.41. The van der Waals surface area contributed by atoms with Gasteiger partial charge in [0.05, 0.1) is 5.75 Å². The third-order valence-corrected chi connectivity index (χ3v) is 5.53. The van der Waals surface area contributed by atoms with E-state index in [1.54, 1.807) is 0 Å². The molecule has 1 saturated heterocycles. The summed E-state index contributed by atoms with van der Waals surface area (Å²) in [6, 6.07) is 15.8. The number of carbonyl (C=O) groups is 1. The fraction of sp³-hybridized carbons (Fsp3) is 0.286. The number of carbonyl (C=O) groups excluding carboxylic acids is 1. The molecular formula is C21H22N4O2S. The van der Waals surface area contributed by atoms with Crippen LogP contribution in [-0.2, 0) is 4.79 Å². The van der Waals surface area contributed by atoms with Gasteiger partial charge >= 0.3 is 0 Å². The number of hydrogen-bond donors (Lipinski definition) is 1. The van der Waals surface area contributed by atoms with Gasteiger partial charge in [0.15, 0.2) is 0 Å². The Morgan fingerprint density at radius 1 is 1.14 bits per heavy atom. The van der Waals surface area contributed by atoms with Crippen LogP contribution < -0.4 is 10.2 Å². The van der Waals surface area contributed by atoms with Crippen molar-refractivity contribution < 1.29 is 9.21 Å². The molecule has 144 valence electrons. The van der Waals surface area contributed by atoms with Crippen LogP contribution in [0.4, 0.5) is 11.4 Å². The molecule has 1 amide bonds. The zero-order valence-corrected chi connectivity index (χ0v) is 16.5. The van der Waals surface area contributed by atoms with Crippen molar-refractivity contribution in [3.8, 4) is 11.5 Å². The van der Waals surface area contributed by atoms with Crippen molar-refractivity contribution in [2.24, 2.45) is 0 Å². The molecule has 28 heavy (non-hydrogen) atoms. The highest BCUT2D eigenvalue weighted by atomic mass is 32.2. The van der Waals surface area contributed by atoms with Crippen molar-refractivity contribution in [1.29, 1.82) is 0 Å². The van der Waals surface area contributed by atoms with Crippen molar-refractivity contribution in [3.05, 3.63) is 54.1 Å². The third kappa shape index (κ3) is 4.36. The molecule has 3 aromatic rings. The lowest BCUT2D eigenvalue weighted by molar-refractivity contribution is -0.113. The Kier molecular flexibility index (Phi) is 5.62. The smallest absolute Gasteiger partial charge is 0.277 e. The second-order valence-corrected chi connectivity index (χ2v) is 7.70. The Labute approximate surface area is 168 Å². The van der Waals surface area contributed by atoms with Gasteiger partial charge in [-0.3, -0.25) is 4.79 Å². The van der Waals surface area contributed by atoms with Gasteiger partial charge in [0, 0.05) is 30.0 Å². The first-order valence-corrected chi connectivity index (χ1v) is 10.3. The van der Waals surface area contributed by atoms with Crippen molar-refractivity contribution in [3.63, 3.8) is 0 Å². The quantitative estimate of drug-likeness (QED) is 0.626. The molecule has 1 N–H and O–H groups in total. The topological polar surface area (TPSA) is 71.3 Å². The summed E-state index contributed by atoms with van der Waals surface area (Å²) in [6.07, 6.45) is 2.49. The van der Waals surface area contributed by atoms with E-state index >= 15 is 0 Å². The zero-order chi connectivity index (χ0) is 19.3. The van der Waals surface area contributed by atoms with Crippen LogP contribution in [-0.4, -0.2) is 34.9 Å². The van der Waals surface area contributed by atoms with E-state index in [4.69, 9.17) is 4.42 Å². The van der Waals surface area contributed by atoms with Crippen molar-refractivity contribution >= 4 is 29.0 Å². The van der Waals surface area contributed by atoms with Gasteiger partial charge in [0.1, 0.15) is 0 Å². The van der Waals surface area contributed by atoms with Crippen LogP contribution in [0.3, 0.4) is 0 Å². The average molecular weight is 395 g/mol. The lowest BCUT2D eigenvalue weighted by Gasteiger charge is -2.19. The van der Waals surface area contributed by atoms with Crippen LogP contribution in [0.2, 0.25) is 0 Å². The molecule has 2 heterocycles. The van der Waals surface area contributed by atoms with E-state index in [0.717, 1.165) is 29.9 Å². The second-order valence-electron chi connectivity index (χ2n) is 6.77. The van der Waals surface area contributed by atoms with Crippen LogP contribution in [0.5, 0.6) is 0 Å². The van der Waals surface area contributed by atoms with Gasteiger partial charge in [0.25, 0.3) is 5.22 Å². The van der Waals surface area contributed by atoms with Crippen molar-refractivity contribution in [2.45, 2.75) is 25.0 Å². The molecular weight excluding hydrogens is 372 g/mol. The molecule has 0 aliphatic carbocycles. The van der Waals surface area contributed by atoms with Gasteiger partial charge in [-0.25, -0.2) is 0 Å². The Morgan fingerprint density at radius 2 is 1.93 bits per heavy atom. The van der Waals surface area contributed by atoms with E-state index in [-0.39, 0.29) is 11.7 Å². The number of nitrogens with zero attached hydrogens (tertiary/aromatic N) is 3. The van der Waals surface area contributed by atoms with Crippen LogP contribution in [0.25, 0.3) is 11.5 Å². The molecule has 4 rings (SSSR count). The maximum Gasteiger partial charge on any atom is 0.277 e. The van der Waals surface area contributed by atoms with E-state index in [1.165, 1.54) is 30.3 Å². The largest absolute Gasteiger partial charge is 0.411 e. The molecule has 1 aliphatic rings. The van der Waals surface area contributed by atoms with Gasteiger partial charge in [-0.1, -0.05) is 30.0 Å². The Bertz CT molecular complexity index is 952. The monoisotopic (exact) mass is 394 g/mol. The summed E-state index contributed by atoms with van der Waals surface area (Å²) >= 11 is 1.23. The maximum absolute atomic E-state index is 12.3. The molecule has 0 radical (unpaired) electrons. The van der Waals surface area contributed by atoms with Crippen LogP contribution in [0, 0.1) is 6.92 Å². The molecule has 1 aromatic heterocycles. The number of amides is 1. The zero-order valence-electron chi connectivity index (χ0n) is 15.7. The van der Waals surface area contributed by atoms with Gasteiger partial charge < -0.3 is 14.6 Å². The normalized spacial score (nSPS) is 13.7. The van der Waals surface area contributed by atoms with Crippen molar-refractivity contribution in [1.82, 2.24) is 10.2 Å². The molecule has 0 spiro atoms. The highest BCUT2D eigenvalue weighted by Gasteiger charge is 2.15. The Hall–Kier alpha value is -2.80. The fourth-order valence-corrected chi connectivity index (χ4v) is 3.80. The Balaban J connectivity index is 1.33. The standard InChI is InChI=1S/C21H22N4O2S/c1-15-13-17(25-11-5-6-12-25)9-10-18(15)22-19(26)14-28-21-24-23-20(27-21)16-7-3-2-4-8-16/h2-4,7-10,13H,5-6,11-12,14H2,1H3,(H,22,26). The molecule has 1 fully saturated rings. The molecule has 6 nitrogen and oxygen atoms in total. The summed E-state index contributed by atoms with van der Waals surface area (Å²) in [5.74, 6) is 0.572. The number of aryl methyl sites for hydroxylation is 1. The highest BCUT2D eigenvalue weighted by molar-refractivity contribution is 7.99. The molecule has 1 aliphatic heterocycles. The first-order valence-electron chi connectivity index (χ1n) is 9.36. The van der Waals surface area contributed by atoms with E-state index in [0.29, 0.717) is 11.1 Å². The predicted molar refractivity (Wildman–Crippen MR) is 112 cm³/mol. The van der Waals surface area contributed by atoms with Crippen LogP contribution in [0.1, 0.15) is 18.4 Å². The lowest BCUT2D eigenvalue weighted by Crippen LogP contribution is -2.18. The lowest BCUT2D eigenvalue weighted by atomic mass is 10.1. The number of aromatic nitrogens is 2. The minimum absolute atomic E-state index is 0.0958. The number of rotatable bonds is 6. The number of thioether (sulfide) groups is 1. The summed E-state index contributed by atoms with van der Waals surface area (Å²) < 4.78 is 5.62. The minimum atomic E-state index is -0.0958. The van der Waals surface area contributed by atoms with E-state index < -0.39 is 0 Å². The summed E-state index contributed by atoms with van der Waals surface area (Å²) in [5, 5.41) is 11.4. The number of anilines is 2. The van der Waals surface area contributed by atoms with Crippen molar-refractivity contribution in [2.75, 3.05) is 29.1 Å². The number of hydrogen-bond acceptors (Lipinski definition) is 6. The highest BCUT2D eigenvalue weighted by Crippen LogP contribution is 2.26. The molecule has 2 aromatic carbocycles. The summed E-state index contributed by atoms with van der Waals surface area (Å²) in [7, 11) is 0. The number of nitrogens with one attached hydrogen (secondary N) is 1. The maximum atomic E-state index is 12.3. The van der Waals surface area contributed by atoms with Gasteiger partial charge in [-0.15, -0.1) is 10.2 Å². The minimum Gasteiger partial charge on any atom is -0.411 e. The SMILES string of the molecule is Cc1cc(N2CCCC2)ccc1NC(=O)CSc1nnc(-c2ccccc2)o1. The number of benzene rings is 2. The summed E-state index contributed by atoms with van der Waals surface area (Å²) in [5.41, 5.74) is 3.98. The summed E-state index contributed by atoms with van der Waals surface area (Å²) in [4.78, 5) is 14.7. The third-order valence-electron chi connectivity index (χ3n) is 4.71. The van der Waals surface area contributed by atoms with Gasteiger partial charge in [-0.2, -0.15) is 0 Å². The van der Waals surface area contributed by atoms with Crippen LogP contribution in [0.15, 0.2) is 58.2 Å². The van der Waals surface area contributed by atoms with E-state index in [1.807, 2.05) is 43.3 Å². The first-order chi connectivity index (χ1) is 13.7.